The molecule has 0 amide bonds. The van der Waals surface area contributed by atoms with E-state index >= 15 is 0 Å². The van der Waals surface area contributed by atoms with Crippen LogP contribution in [0.15, 0.2) is 42.5 Å². The van der Waals surface area contributed by atoms with Gasteiger partial charge in [-0.05, 0) is 31.0 Å². The molecule has 0 spiro atoms. The van der Waals surface area contributed by atoms with Gasteiger partial charge in [0.1, 0.15) is 5.69 Å². The molecule has 130 valence electrons. The third kappa shape index (κ3) is 2.96. The minimum atomic E-state index is 0.417. The first kappa shape index (κ1) is 16.3. The first-order chi connectivity index (χ1) is 12.1. The van der Waals surface area contributed by atoms with E-state index in [0.717, 1.165) is 32.0 Å². The van der Waals surface area contributed by atoms with Crippen LogP contribution < -0.4 is 0 Å². The normalized spacial score (nSPS) is 17.1. The van der Waals surface area contributed by atoms with Gasteiger partial charge in [0.2, 0.25) is 0 Å². The molecule has 1 fully saturated rings. The minimum Gasteiger partial charge on any atom is -0.379 e. The van der Waals surface area contributed by atoms with Gasteiger partial charge in [0, 0.05) is 37.1 Å². The van der Waals surface area contributed by atoms with Gasteiger partial charge < -0.3 is 4.74 Å². The smallest absolute Gasteiger partial charge is 0.100 e. The van der Waals surface area contributed by atoms with Crippen LogP contribution in [-0.4, -0.2) is 41.0 Å². The summed E-state index contributed by atoms with van der Waals surface area (Å²) in [4.78, 5) is 2.48. The summed E-state index contributed by atoms with van der Waals surface area (Å²) in [6.45, 7) is 8.12. The molecule has 0 radical (unpaired) electrons. The molecule has 3 aromatic rings. The van der Waals surface area contributed by atoms with Crippen LogP contribution in [0, 0.1) is 6.92 Å². The third-order valence-corrected chi connectivity index (χ3v) is 5.35. The molecule has 1 atom stereocenters. The Morgan fingerprint density at radius 3 is 2.48 bits per heavy atom. The fourth-order valence-electron chi connectivity index (χ4n) is 3.78. The predicted octanol–water partition coefficient (Wildman–Crippen LogP) is 3.94. The summed E-state index contributed by atoms with van der Waals surface area (Å²) in [5, 5.41) is 6.02. The van der Waals surface area contributed by atoms with Crippen LogP contribution >= 0.6 is 0 Å². The van der Waals surface area contributed by atoms with Gasteiger partial charge in [0.25, 0.3) is 0 Å². The summed E-state index contributed by atoms with van der Waals surface area (Å²) in [6.07, 6.45) is 0. The van der Waals surface area contributed by atoms with E-state index < -0.39 is 0 Å². The zero-order valence-electron chi connectivity index (χ0n) is 15.2. The molecular formula is C21H25N3O. The first-order valence-corrected chi connectivity index (χ1v) is 8.99. The Labute approximate surface area is 149 Å². The number of nitrogens with zero attached hydrogens (tertiary/aromatic N) is 3. The molecule has 0 aliphatic carbocycles. The Morgan fingerprint density at radius 2 is 1.76 bits per heavy atom. The van der Waals surface area contributed by atoms with Crippen molar-refractivity contribution in [3.8, 4) is 11.3 Å². The van der Waals surface area contributed by atoms with E-state index in [2.05, 4.69) is 61.2 Å². The lowest BCUT2D eigenvalue weighted by Gasteiger charge is -2.32. The molecule has 1 aromatic heterocycles. The van der Waals surface area contributed by atoms with E-state index in [1.807, 2.05) is 11.7 Å². The molecule has 1 saturated heterocycles. The number of morpholine rings is 1. The van der Waals surface area contributed by atoms with Crippen molar-refractivity contribution >= 4 is 10.9 Å². The Bertz CT molecular complexity index is 876. The molecule has 0 saturated carbocycles. The SMILES string of the molecule is Cc1cccc2c1c(-c1ccc([C@H](C)N3CCOCC3)cc1)nn2C. The van der Waals surface area contributed by atoms with Crippen LogP contribution in [0.1, 0.15) is 24.1 Å². The van der Waals surface area contributed by atoms with Crippen LogP contribution in [0.25, 0.3) is 22.2 Å². The van der Waals surface area contributed by atoms with Crippen molar-refractivity contribution in [1.29, 1.82) is 0 Å². The van der Waals surface area contributed by atoms with Gasteiger partial charge >= 0.3 is 0 Å². The maximum Gasteiger partial charge on any atom is 0.100 e. The molecule has 0 bridgehead atoms. The zero-order valence-corrected chi connectivity index (χ0v) is 15.2. The topological polar surface area (TPSA) is 30.3 Å². The second-order valence-corrected chi connectivity index (χ2v) is 6.89. The summed E-state index contributed by atoms with van der Waals surface area (Å²) in [5.74, 6) is 0. The van der Waals surface area contributed by atoms with Crippen LogP contribution in [-0.2, 0) is 11.8 Å². The van der Waals surface area contributed by atoms with Crippen LogP contribution in [0.4, 0.5) is 0 Å². The highest BCUT2D eigenvalue weighted by Gasteiger charge is 2.19. The molecule has 2 heterocycles. The number of hydrogen-bond acceptors (Lipinski definition) is 3. The van der Waals surface area contributed by atoms with Crippen molar-refractivity contribution in [3.63, 3.8) is 0 Å². The maximum absolute atomic E-state index is 5.46. The van der Waals surface area contributed by atoms with Crippen molar-refractivity contribution in [2.75, 3.05) is 26.3 Å². The first-order valence-electron chi connectivity index (χ1n) is 8.99. The average Bonchev–Trinajstić information content (AvgIpc) is 3.00. The van der Waals surface area contributed by atoms with Crippen molar-refractivity contribution in [2.45, 2.75) is 19.9 Å². The van der Waals surface area contributed by atoms with Gasteiger partial charge in [-0.3, -0.25) is 9.58 Å². The molecule has 2 aromatic carbocycles. The summed E-state index contributed by atoms with van der Waals surface area (Å²) < 4.78 is 7.44. The van der Waals surface area contributed by atoms with E-state index in [1.54, 1.807) is 0 Å². The summed E-state index contributed by atoms with van der Waals surface area (Å²) in [5.41, 5.74) is 6.05. The van der Waals surface area contributed by atoms with E-state index in [4.69, 9.17) is 9.84 Å². The van der Waals surface area contributed by atoms with E-state index in [-0.39, 0.29) is 0 Å². The number of rotatable bonds is 3. The summed E-state index contributed by atoms with van der Waals surface area (Å²) in [6, 6.07) is 15.7. The highest BCUT2D eigenvalue weighted by molar-refractivity contribution is 5.95. The van der Waals surface area contributed by atoms with Gasteiger partial charge in [-0.2, -0.15) is 5.10 Å². The molecule has 4 heteroatoms. The number of ether oxygens (including phenoxy) is 1. The van der Waals surface area contributed by atoms with Crippen LogP contribution in [0.5, 0.6) is 0 Å². The monoisotopic (exact) mass is 335 g/mol. The molecular weight excluding hydrogens is 310 g/mol. The average molecular weight is 335 g/mol. The Balaban J connectivity index is 1.67. The van der Waals surface area contributed by atoms with E-state index in [1.165, 1.54) is 27.6 Å². The fraction of sp³-hybridized carbons (Fsp3) is 0.381. The lowest BCUT2D eigenvalue weighted by Crippen LogP contribution is -2.37. The summed E-state index contributed by atoms with van der Waals surface area (Å²) in [7, 11) is 2.01. The molecule has 4 nitrogen and oxygen atoms in total. The highest BCUT2D eigenvalue weighted by atomic mass is 16.5. The second kappa shape index (κ2) is 6.62. The lowest BCUT2D eigenvalue weighted by atomic mass is 10.0. The minimum absolute atomic E-state index is 0.417. The van der Waals surface area contributed by atoms with Crippen molar-refractivity contribution in [3.05, 3.63) is 53.6 Å². The number of fused-ring (bicyclic) bond motifs is 1. The van der Waals surface area contributed by atoms with Crippen molar-refractivity contribution in [1.82, 2.24) is 14.7 Å². The highest BCUT2D eigenvalue weighted by Crippen LogP contribution is 2.31. The molecule has 0 unspecified atom stereocenters. The third-order valence-electron chi connectivity index (χ3n) is 5.35. The maximum atomic E-state index is 5.46. The van der Waals surface area contributed by atoms with Crippen molar-refractivity contribution < 1.29 is 4.74 Å². The van der Waals surface area contributed by atoms with Gasteiger partial charge in [-0.25, -0.2) is 0 Å². The number of aromatic nitrogens is 2. The fourth-order valence-corrected chi connectivity index (χ4v) is 3.78. The molecule has 4 rings (SSSR count). The predicted molar refractivity (Wildman–Crippen MR) is 102 cm³/mol. The summed E-state index contributed by atoms with van der Waals surface area (Å²) >= 11 is 0. The lowest BCUT2D eigenvalue weighted by molar-refractivity contribution is 0.0198. The number of benzene rings is 2. The number of aryl methyl sites for hydroxylation is 2. The number of hydrogen-bond donors (Lipinski definition) is 0. The van der Waals surface area contributed by atoms with E-state index in [9.17, 15) is 0 Å². The Hall–Kier alpha value is -2.17. The molecule has 25 heavy (non-hydrogen) atoms. The van der Waals surface area contributed by atoms with Gasteiger partial charge in [-0.15, -0.1) is 0 Å². The molecule has 1 aliphatic heterocycles. The van der Waals surface area contributed by atoms with Gasteiger partial charge in [0.15, 0.2) is 0 Å². The van der Waals surface area contributed by atoms with Crippen LogP contribution in [0.2, 0.25) is 0 Å². The van der Waals surface area contributed by atoms with Gasteiger partial charge in [0.05, 0.1) is 18.7 Å². The second-order valence-electron chi connectivity index (χ2n) is 6.89. The van der Waals surface area contributed by atoms with Crippen LogP contribution in [0.3, 0.4) is 0 Å². The standard InChI is InChI=1S/C21H25N3O/c1-15-5-4-6-19-20(15)21(22-23(19)3)18-9-7-17(8-10-18)16(2)24-11-13-25-14-12-24/h4-10,16H,11-14H2,1-3H3/t16-/m0/s1. The van der Waals surface area contributed by atoms with Crippen molar-refractivity contribution in [2.24, 2.45) is 7.05 Å². The Morgan fingerprint density at radius 1 is 1.04 bits per heavy atom. The van der Waals surface area contributed by atoms with E-state index in [0.29, 0.717) is 6.04 Å². The molecule has 0 N–H and O–H groups in total. The molecule has 1 aliphatic rings. The zero-order chi connectivity index (χ0) is 17.4. The quantitative estimate of drug-likeness (QED) is 0.726. The largest absolute Gasteiger partial charge is 0.379 e. The van der Waals surface area contributed by atoms with Gasteiger partial charge in [-0.1, -0.05) is 36.4 Å². The Kier molecular flexibility index (Phi) is 4.32.